The molecule has 0 radical (unpaired) electrons. The summed E-state index contributed by atoms with van der Waals surface area (Å²) < 4.78 is 0. The van der Waals surface area contributed by atoms with E-state index in [1.807, 2.05) is 42.5 Å². The summed E-state index contributed by atoms with van der Waals surface area (Å²) in [5.74, 6) is 0.0450. The highest BCUT2D eigenvalue weighted by molar-refractivity contribution is 6.30. The summed E-state index contributed by atoms with van der Waals surface area (Å²) in [5.41, 5.74) is 2.03. The fraction of sp³-hybridized carbons (Fsp3) is 0.214. The topological polar surface area (TPSA) is 33.1 Å². The standard InChI is InChI=1S/C14H14ClNO/c15-13-5-3-4-11(8-13)12(10-17)9-14-6-1-2-7-16-14/h1-8,12,17H,9-10H2. The molecule has 2 aromatic rings. The van der Waals surface area contributed by atoms with Gasteiger partial charge in [-0.05, 0) is 36.2 Å². The number of hydrogen-bond acceptors (Lipinski definition) is 2. The van der Waals surface area contributed by atoms with E-state index in [0.717, 1.165) is 17.7 Å². The van der Waals surface area contributed by atoms with Crippen LogP contribution in [0.4, 0.5) is 0 Å². The molecule has 0 spiro atoms. The van der Waals surface area contributed by atoms with Crippen LogP contribution >= 0.6 is 11.6 Å². The summed E-state index contributed by atoms with van der Waals surface area (Å²) in [6.07, 6.45) is 2.49. The van der Waals surface area contributed by atoms with Gasteiger partial charge in [0.2, 0.25) is 0 Å². The number of aliphatic hydroxyl groups excluding tert-OH is 1. The van der Waals surface area contributed by atoms with Crippen molar-refractivity contribution in [3.63, 3.8) is 0 Å². The number of halogens is 1. The minimum Gasteiger partial charge on any atom is -0.396 e. The highest BCUT2D eigenvalue weighted by atomic mass is 35.5. The van der Waals surface area contributed by atoms with Gasteiger partial charge in [0.15, 0.2) is 0 Å². The lowest BCUT2D eigenvalue weighted by molar-refractivity contribution is 0.264. The summed E-state index contributed by atoms with van der Waals surface area (Å²) >= 11 is 5.95. The zero-order valence-corrected chi connectivity index (χ0v) is 10.1. The lowest BCUT2D eigenvalue weighted by Crippen LogP contribution is -2.08. The predicted octanol–water partition coefficient (Wildman–Crippen LogP) is 3.05. The Labute approximate surface area is 106 Å². The maximum atomic E-state index is 9.46. The predicted molar refractivity (Wildman–Crippen MR) is 69.2 cm³/mol. The average Bonchev–Trinajstić information content (AvgIpc) is 2.37. The zero-order chi connectivity index (χ0) is 12.1. The SMILES string of the molecule is OCC(Cc1ccccn1)c1cccc(Cl)c1. The molecule has 2 nitrogen and oxygen atoms in total. The second kappa shape index (κ2) is 5.80. The van der Waals surface area contributed by atoms with Gasteiger partial charge in [0.05, 0.1) is 6.61 Å². The molecule has 88 valence electrons. The second-order valence-corrected chi connectivity index (χ2v) is 4.40. The Morgan fingerprint density at radius 2 is 2.06 bits per heavy atom. The highest BCUT2D eigenvalue weighted by Crippen LogP contribution is 2.22. The van der Waals surface area contributed by atoms with Crippen LogP contribution in [0.3, 0.4) is 0 Å². The van der Waals surface area contributed by atoms with Gasteiger partial charge in [-0.1, -0.05) is 29.8 Å². The van der Waals surface area contributed by atoms with E-state index in [4.69, 9.17) is 11.6 Å². The first-order chi connectivity index (χ1) is 8.29. The number of aliphatic hydroxyl groups is 1. The van der Waals surface area contributed by atoms with E-state index in [9.17, 15) is 5.11 Å². The Kier molecular flexibility index (Phi) is 4.13. The van der Waals surface area contributed by atoms with Crippen LogP contribution in [0.5, 0.6) is 0 Å². The van der Waals surface area contributed by atoms with Crippen LogP contribution in [-0.4, -0.2) is 16.7 Å². The fourth-order valence-corrected chi connectivity index (χ4v) is 2.02. The van der Waals surface area contributed by atoms with Crippen molar-refractivity contribution in [2.75, 3.05) is 6.61 Å². The number of benzene rings is 1. The molecule has 1 heterocycles. The van der Waals surface area contributed by atoms with Crippen molar-refractivity contribution in [2.45, 2.75) is 12.3 Å². The smallest absolute Gasteiger partial charge is 0.0503 e. The molecular formula is C14H14ClNO. The molecule has 1 atom stereocenters. The van der Waals surface area contributed by atoms with E-state index in [1.54, 1.807) is 6.20 Å². The largest absolute Gasteiger partial charge is 0.396 e. The van der Waals surface area contributed by atoms with Crippen molar-refractivity contribution in [2.24, 2.45) is 0 Å². The summed E-state index contributed by atoms with van der Waals surface area (Å²) in [4.78, 5) is 4.27. The van der Waals surface area contributed by atoms with Crippen LogP contribution in [-0.2, 0) is 6.42 Å². The van der Waals surface area contributed by atoms with Crippen molar-refractivity contribution in [3.8, 4) is 0 Å². The van der Waals surface area contributed by atoms with Crippen LogP contribution < -0.4 is 0 Å². The van der Waals surface area contributed by atoms with Crippen LogP contribution in [0, 0.1) is 0 Å². The summed E-state index contributed by atoms with van der Waals surface area (Å²) in [5, 5.41) is 10.2. The molecule has 2 rings (SSSR count). The first kappa shape index (κ1) is 12.1. The summed E-state index contributed by atoms with van der Waals surface area (Å²) in [6, 6.07) is 13.4. The van der Waals surface area contributed by atoms with Gasteiger partial charge in [-0.3, -0.25) is 4.98 Å². The Morgan fingerprint density at radius 1 is 1.18 bits per heavy atom. The van der Waals surface area contributed by atoms with Crippen molar-refractivity contribution in [1.29, 1.82) is 0 Å². The number of hydrogen-bond donors (Lipinski definition) is 1. The number of rotatable bonds is 4. The Balaban J connectivity index is 2.17. The van der Waals surface area contributed by atoms with Crippen LogP contribution in [0.2, 0.25) is 5.02 Å². The summed E-state index contributed by atoms with van der Waals surface area (Å²) in [7, 11) is 0. The van der Waals surface area contributed by atoms with Gasteiger partial charge in [0.1, 0.15) is 0 Å². The summed E-state index contributed by atoms with van der Waals surface area (Å²) in [6.45, 7) is 0.0942. The van der Waals surface area contributed by atoms with E-state index >= 15 is 0 Å². The van der Waals surface area contributed by atoms with Crippen molar-refractivity contribution >= 4 is 11.6 Å². The second-order valence-electron chi connectivity index (χ2n) is 3.96. The molecule has 0 aliphatic carbocycles. The maximum Gasteiger partial charge on any atom is 0.0503 e. The van der Waals surface area contributed by atoms with E-state index < -0.39 is 0 Å². The highest BCUT2D eigenvalue weighted by Gasteiger charge is 2.12. The molecule has 0 fully saturated rings. The van der Waals surface area contributed by atoms with Crippen LogP contribution in [0.25, 0.3) is 0 Å². The molecule has 17 heavy (non-hydrogen) atoms. The van der Waals surface area contributed by atoms with E-state index in [2.05, 4.69) is 4.98 Å². The van der Waals surface area contributed by atoms with Gasteiger partial charge in [-0.2, -0.15) is 0 Å². The molecule has 1 unspecified atom stereocenters. The molecule has 3 heteroatoms. The molecule has 1 N–H and O–H groups in total. The van der Waals surface area contributed by atoms with Gasteiger partial charge in [0, 0.05) is 22.8 Å². The average molecular weight is 248 g/mol. The minimum absolute atomic E-state index is 0.0450. The van der Waals surface area contributed by atoms with E-state index in [0.29, 0.717) is 5.02 Å². The number of aromatic nitrogens is 1. The molecule has 0 bridgehead atoms. The minimum atomic E-state index is 0.0450. The fourth-order valence-electron chi connectivity index (χ4n) is 1.82. The quantitative estimate of drug-likeness (QED) is 0.901. The Hall–Kier alpha value is -1.38. The van der Waals surface area contributed by atoms with Crippen molar-refractivity contribution in [3.05, 3.63) is 64.9 Å². The van der Waals surface area contributed by atoms with Crippen LogP contribution in [0.1, 0.15) is 17.2 Å². The molecule has 0 aliphatic rings. The third kappa shape index (κ3) is 3.29. The van der Waals surface area contributed by atoms with Crippen molar-refractivity contribution in [1.82, 2.24) is 4.98 Å². The van der Waals surface area contributed by atoms with Gasteiger partial charge < -0.3 is 5.11 Å². The number of nitrogens with zero attached hydrogens (tertiary/aromatic N) is 1. The molecule has 1 aromatic carbocycles. The van der Waals surface area contributed by atoms with Gasteiger partial charge >= 0.3 is 0 Å². The van der Waals surface area contributed by atoms with Crippen LogP contribution in [0.15, 0.2) is 48.7 Å². The monoisotopic (exact) mass is 247 g/mol. The van der Waals surface area contributed by atoms with E-state index in [-0.39, 0.29) is 12.5 Å². The van der Waals surface area contributed by atoms with E-state index in [1.165, 1.54) is 0 Å². The molecule has 1 aromatic heterocycles. The normalized spacial score (nSPS) is 12.4. The van der Waals surface area contributed by atoms with Gasteiger partial charge in [0.25, 0.3) is 0 Å². The molecular weight excluding hydrogens is 234 g/mol. The lowest BCUT2D eigenvalue weighted by Gasteiger charge is -2.14. The lowest BCUT2D eigenvalue weighted by atomic mass is 9.95. The first-order valence-electron chi connectivity index (χ1n) is 5.56. The molecule has 0 amide bonds. The Morgan fingerprint density at radius 3 is 2.71 bits per heavy atom. The van der Waals surface area contributed by atoms with Gasteiger partial charge in [-0.25, -0.2) is 0 Å². The third-order valence-corrected chi connectivity index (χ3v) is 2.96. The first-order valence-corrected chi connectivity index (χ1v) is 5.93. The Bertz CT molecular complexity index is 473. The zero-order valence-electron chi connectivity index (χ0n) is 9.38. The van der Waals surface area contributed by atoms with Crippen molar-refractivity contribution < 1.29 is 5.11 Å². The molecule has 0 aliphatic heterocycles. The third-order valence-electron chi connectivity index (χ3n) is 2.72. The maximum absolute atomic E-state index is 9.46. The number of pyridine rings is 1. The molecule has 0 saturated heterocycles. The molecule has 0 saturated carbocycles. The van der Waals surface area contributed by atoms with Gasteiger partial charge in [-0.15, -0.1) is 0 Å².